The number of benzene rings is 1. The molecule has 0 N–H and O–H groups in total. The summed E-state index contributed by atoms with van der Waals surface area (Å²) in [7, 11) is 3.10. The minimum absolute atomic E-state index is 0.269. The normalized spacial score (nSPS) is 12.0. The van der Waals surface area contributed by atoms with E-state index in [1.165, 1.54) is 12.1 Å². The van der Waals surface area contributed by atoms with E-state index in [1.54, 1.807) is 20.3 Å². The van der Waals surface area contributed by atoms with Gasteiger partial charge in [-0.05, 0) is 41.7 Å². The Hall–Kier alpha value is -2.10. The summed E-state index contributed by atoms with van der Waals surface area (Å²) < 4.78 is 24.1. The molecule has 21 heavy (non-hydrogen) atoms. The molecule has 0 aliphatic rings. The molecule has 1 aromatic heterocycles. The highest BCUT2D eigenvalue weighted by atomic mass is 19.1. The zero-order valence-electron chi connectivity index (χ0n) is 12.8. The quantitative estimate of drug-likeness (QED) is 0.816. The maximum atomic E-state index is 13.7. The van der Waals surface area contributed by atoms with Crippen LogP contribution in [0.25, 0.3) is 11.1 Å². The number of methoxy groups -OCH3 is 2. The molecule has 1 atom stereocenters. The number of pyridine rings is 1. The summed E-state index contributed by atoms with van der Waals surface area (Å²) in [5.41, 5.74) is 2.67. The van der Waals surface area contributed by atoms with E-state index < -0.39 is 0 Å². The lowest BCUT2D eigenvalue weighted by Gasteiger charge is -2.17. The summed E-state index contributed by atoms with van der Waals surface area (Å²) in [5, 5.41) is 0. The van der Waals surface area contributed by atoms with Crippen LogP contribution in [0.2, 0.25) is 0 Å². The molecule has 2 aromatic rings. The zero-order chi connectivity index (χ0) is 15.4. The largest absolute Gasteiger partial charge is 0.481 e. The van der Waals surface area contributed by atoms with Crippen molar-refractivity contribution < 1.29 is 13.9 Å². The van der Waals surface area contributed by atoms with Gasteiger partial charge in [0.2, 0.25) is 11.8 Å². The molecule has 0 saturated carbocycles. The van der Waals surface area contributed by atoms with E-state index >= 15 is 0 Å². The Balaban J connectivity index is 2.62. The second-order valence-corrected chi connectivity index (χ2v) is 4.95. The third kappa shape index (κ3) is 3.15. The second-order valence-electron chi connectivity index (χ2n) is 4.95. The van der Waals surface area contributed by atoms with Crippen molar-refractivity contribution >= 4 is 0 Å². The highest BCUT2D eigenvalue weighted by molar-refractivity contribution is 5.73. The molecule has 0 amide bonds. The van der Waals surface area contributed by atoms with Gasteiger partial charge in [0.05, 0.1) is 14.2 Å². The van der Waals surface area contributed by atoms with Gasteiger partial charge in [-0.3, -0.25) is 0 Å². The predicted octanol–water partition coefficient (Wildman–Crippen LogP) is 4.42. The molecule has 0 fully saturated rings. The molecule has 112 valence electrons. The van der Waals surface area contributed by atoms with Crippen molar-refractivity contribution in [2.75, 3.05) is 14.2 Å². The van der Waals surface area contributed by atoms with E-state index in [1.807, 2.05) is 12.1 Å². The standard InChI is InChI=1S/C17H20FNO2/c1-5-11(2)13-7-6-12(18)10-15(13)14-8-9-16(20-3)19-17(14)21-4/h6-11H,5H2,1-4H3. The molecule has 1 aromatic carbocycles. The van der Waals surface area contributed by atoms with Crippen LogP contribution >= 0.6 is 0 Å². The van der Waals surface area contributed by atoms with E-state index in [-0.39, 0.29) is 5.82 Å². The van der Waals surface area contributed by atoms with Crippen molar-refractivity contribution in [2.24, 2.45) is 0 Å². The number of nitrogens with zero attached hydrogens (tertiary/aromatic N) is 1. The molecule has 0 saturated heterocycles. The first-order valence-electron chi connectivity index (χ1n) is 6.99. The van der Waals surface area contributed by atoms with Crippen molar-refractivity contribution in [1.29, 1.82) is 0 Å². The first kappa shape index (κ1) is 15.3. The van der Waals surface area contributed by atoms with Gasteiger partial charge in [0.25, 0.3) is 0 Å². The monoisotopic (exact) mass is 289 g/mol. The molecular weight excluding hydrogens is 269 g/mol. The maximum absolute atomic E-state index is 13.7. The van der Waals surface area contributed by atoms with E-state index in [4.69, 9.17) is 9.47 Å². The Morgan fingerprint density at radius 2 is 1.86 bits per heavy atom. The highest BCUT2D eigenvalue weighted by Gasteiger charge is 2.16. The number of halogens is 1. The van der Waals surface area contributed by atoms with Gasteiger partial charge < -0.3 is 9.47 Å². The lowest BCUT2D eigenvalue weighted by Crippen LogP contribution is -2.00. The summed E-state index contributed by atoms with van der Waals surface area (Å²) in [6.07, 6.45) is 0.977. The average Bonchev–Trinajstić information content (AvgIpc) is 2.53. The Morgan fingerprint density at radius 1 is 1.10 bits per heavy atom. The molecule has 3 nitrogen and oxygen atoms in total. The van der Waals surface area contributed by atoms with Crippen molar-refractivity contribution in [3.63, 3.8) is 0 Å². The van der Waals surface area contributed by atoms with Crippen LogP contribution in [-0.2, 0) is 0 Å². The van der Waals surface area contributed by atoms with Crippen molar-refractivity contribution in [1.82, 2.24) is 4.98 Å². The summed E-state index contributed by atoms with van der Waals surface area (Å²) in [5.74, 6) is 0.962. The Bertz CT molecular complexity index is 628. The summed E-state index contributed by atoms with van der Waals surface area (Å²) in [6, 6.07) is 8.47. The molecule has 2 rings (SSSR count). The molecule has 0 spiro atoms. The number of ether oxygens (including phenoxy) is 2. The van der Waals surface area contributed by atoms with Crippen LogP contribution in [0.3, 0.4) is 0 Å². The number of hydrogen-bond acceptors (Lipinski definition) is 3. The van der Waals surface area contributed by atoms with Gasteiger partial charge in [-0.15, -0.1) is 0 Å². The number of rotatable bonds is 5. The third-order valence-corrected chi connectivity index (χ3v) is 3.69. The molecule has 0 aliphatic heterocycles. The third-order valence-electron chi connectivity index (χ3n) is 3.69. The van der Waals surface area contributed by atoms with Crippen molar-refractivity contribution in [3.05, 3.63) is 41.7 Å². The lowest BCUT2D eigenvalue weighted by atomic mass is 9.90. The molecule has 1 unspecified atom stereocenters. The van der Waals surface area contributed by atoms with Crippen LogP contribution in [0.15, 0.2) is 30.3 Å². The maximum Gasteiger partial charge on any atom is 0.224 e. The van der Waals surface area contributed by atoms with E-state index in [9.17, 15) is 4.39 Å². The Morgan fingerprint density at radius 3 is 2.48 bits per heavy atom. The van der Waals surface area contributed by atoms with Crippen LogP contribution in [0.4, 0.5) is 4.39 Å². The van der Waals surface area contributed by atoms with E-state index in [0.29, 0.717) is 17.7 Å². The van der Waals surface area contributed by atoms with Crippen LogP contribution in [0, 0.1) is 5.82 Å². The number of aromatic nitrogens is 1. The second kappa shape index (κ2) is 6.57. The molecule has 0 radical (unpaired) electrons. The molecular formula is C17H20FNO2. The van der Waals surface area contributed by atoms with E-state index in [2.05, 4.69) is 18.8 Å². The summed E-state index contributed by atoms with van der Waals surface area (Å²) in [4.78, 5) is 4.28. The fourth-order valence-corrected chi connectivity index (χ4v) is 2.31. The van der Waals surface area contributed by atoms with Crippen LogP contribution in [-0.4, -0.2) is 19.2 Å². The average molecular weight is 289 g/mol. The van der Waals surface area contributed by atoms with Gasteiger partial charge in [0.15, 0.2) is 0 Å². The van der Waals surface area contributed by atoms with Crippen molar-refractivity contribution in [3.8, 4) is 22.9 Å². The molecule has 1 heterocycles. The topological polar surface area (TPSA) is 31.4 Å². The minimum atomic E-state index is -0.269. The van der Waals surface area contributed by atoms with Gasteiger partial charge in [-0.1, -0.05) is 19.9 Å². The van der Waals surface area contributed by atoms with Gasteiger partial charge in [-0.2, -0.15) is 4.98 Å². The van der Waals surface area contributed by atoms with Gasteiger partial charge in [-0.25, -0.2) is 4.39 Å². The summed E-state index contributed by atoms with van der Waals surface area (Å²) >= 11 is 0. The SMILES string of the molecule is CCC(C)c1ccc(F)cc1-c1ccc(OC)nc1OC. The Kier molecular flexibility index (Phi) is 4.78. The number of hydrogen-bond donors (Lipinski definition) is 0. The summed E-state index contributed by atoms with van der Waals surface area (Å²) in [6.45, 7) is 4.24. The molecule has 0 aliphatic carbocycles. The van der Waals surface area contributed by atoms with Crippen LogP contribution in [0.5, 0.6) is 11.8 Å². The van der Waals surface area contributed by atoms with Gasteiger partial charge in [0, 0.05) is 11.6 Å². The van der Waals surface area contributed by atoms with Crippen LogP contribution in [0.1, 0.15) is 31.7 Å². The highest BCUT2D eigenvalue weighted by Crippen LogP contribution is 2.36. The van der Waals surface area contributed by atoms with Crippen LogP contribution < -0.4 is 9.47 Å². The lowest BCUT2D eigenvalue weighted by molar-refractivity contribution is 0.366. The molecule has 0 bridgehead atoms. The van der Waals surface area contributed by atoms with Gasteiger partial charge in [0.1, 0.15) is 5.82 Å². The minimum Gasteiger partial charge on any atom is -0.481 e. The smallest absolute Gasteiger partial charge is 0.224 e. The molecule has 4 heteroatoms. The first-order chi connectivity index (χ1) is 10.1. The fraction of sp³-hybridized carbons (Fsp3) is 0.353. The fourth-order valence-electron chi connectivity index (χ4n) is 2.31. The zero-order valence-corrected chi connectivity index (χ0v) is 12.8. The Labute approximate surface area is 124 Å². The van der Waals surface area contributed by atoms with Crippen molar-refractivity contribution in [2.45, 2.75) is 26.2 Å². The predicted molar refractivity (Wildman–Crippen MR) is 81.4 cm³/mol. The van der Waals surface area contributed by atoms with E-state index in [0.717, 1.165) is 23.1 Å². The van der Waals surface area contributed by atoms with Gasteiger partial charge >= 0.3 is 0 Å². The first-order valence-corrected chi connectivity index (χ1v) is 6.99.